The molecule has 1 aliphatic rings. The highest BCUT2D eigenvalue weighted by molar-refractivity contribution is 5.46. The van der Waals surface area contributed by atoms with Crippen LogP contribution < -0.4 is 4.90 Å². The molecule has 94 valence electrons. The molecule has 17 heavy (non-hydrogen) atoms. The number of aliphatic hydroxyl groups excluding tert-OH is 1. The minimum absolute atomic E-state index is 0.110. The minimum atomic E-state index is -0.233. The number of ether oxygens (including phenoxy) is 1. The van der Waals surface area contributed by atoms with Gasteiger partial charge in [-0.15, -0.1) is 0 Å². The van der Waals surface area contributed by atoms with Gasteiger partial charge in [0.2, 0.25) is 0 Å². The molecule has 0 atom stereocenters. The highest BCUT2D eigenvalue weighted by Crippen LogP contribution is 2.30. The Balaban J connectivity index is 2.11. The molecule has 0 amide bonds. The summed E-state index contributed by atoms with van der Waals surface area (Å²) in [4.78, 5) is 2.07. The largest absolute Gasteiger partial charge is 0.396 e. The van der Waals surface area contributed by atoms with Gasteiger partial charge in [-0.3, -0.25) is 0 Å². The Morgan fingerprint density at radius 2 is 2.24 bits per heavy atom. The van der Waals surface area contributed by atoms with Gasteiger partial charge in [-0.1, -0.05) is 6.07 Å². The Morgan fingerprint density at radius 3 is 2.71 bits per heavy atom. The maximum absolute atomic E-state index is 13.2. The van der Waals surface area contributed by atoms with Crippen molar-refractivity contribution in [1.82, 2.24) is 0 Å². The molecule has 1 saturated heterocycles. The first kappa shape index (κ1) is 12.3. The third-order valence-electron chi connectivity index (χ3n) is 3.23. The van der Waals surface area contributed by atoms with Crippen molar-refractivity contribution in [2.24, 2.45) is 5.41 Å². The van der Waals surface area contributed by atoms with Crippen LogP contribution >= 0.6 is 0 Å². The van der Waals surface area contributed by atoms with Crippen molar-refractivity contribution in [2.45, 2.75) is 6.92 Å². The van der Waals surface area contributed by atoms with Crippen molar-refractivity contribution in [3.8, 4) is 0 Å². The zero-order valence-electron chi connectivity index (χ0n) is 10.0. The van der Waals surface area contributed by atoms with Crippen LogP contribution in [0.25, 0.3) is 0 Å². The molecule has 2 rings (SSSR count). The topological polar surface area (TPSA) is 32.7 Å². The lowest BCUT2D eigenvalue weighted by Crippen LogP contribution is -2.53. The summed E-state index contributed by atoms with van der Waals surface area (Å²) in [6, 6.07) is 6.55. The van der Waals surface area contributed by atoms with Crippen molar-refractivity contribution in [3.63, 3.8) is 0 Å². The molecule has 1 aromatic rings. The monoisotopic (exact) mass is 239 g/mol. The number of hydrogen-bond donors (Lipinski definition) is 1. The lowest BCUT2D eigenvalue weighted by molar-refractivity contribution is -0.130. The van der Waals surface area contributed by atoms with Gasteiger partial charge in [-0.25, -0.2) is 4.39 Å². The average Bonchev–Trinajstić information content (AvgIpc) is 2.29. The predicted octanol–water partition coefficient (Wildman–Crippen LogP) is 1.66. The minimum Gasteiger partial charge on any atom is -0.396 e. The maximum Gasteiger partial charge on any atom is 0.125 e. The Labute approximate surface area is 101 Å². The van der Waals surface area contributed by atoms with E-state index in [9.17, 15) is 9.50 Å². The van der Waals surface area contributed by atoms with Gasteiger partial charge < -0.3 is 14.7 Å². The van der Waals surface area contributed by atoms with E-state index in [0.29, 0.717) is 19.8 Å². The third-order valence-corrected chi connectivity index (χ3v) is 3.23. The first-order chi connectivity index (χ1) is 8.19. The number of nitrogens with zero attached hydrogens (tertiary/aromatic N) is 1. The van der Waals surface area contributed by atoms with Gasteiger partial charge in [0.1, 0.15) is 5.82 Å². The standard InChI is InChI=1S/C13H18FNO2/c1-2-15(7-13(8-16)9-17-10-13)12-5-3-4-11(14)6-12/h3-6,16H,2,7-10H2,1H3. The van der Waals surface area contributed by atoms with Gasteiger partial charge in [0.05, 0.1) is 25.2 Å². The van der Waals surface area contributed by atoms with Crippen LogP contribution in [-0.2, 0) is 4.74 Å². The molecule has 1 aliphatic heterocycles. The first-order valence-electron chi connectivity index (χ1n) is 5.88. The average molecular weight is 239 g/mol. The van der Waals surface area contributed by atoms with Crippen LogP contribution in [0.3, 0.4) is 0 Å². The summed E-state index contributed by atoms with van der Waals surface area (Å²) in [6.45, 7) is 4.77. The number of halogens is 1. The normalized spacial score (nSPS) is 17.6. The Kier molecular flexibility index (Phi) is 3.64. The molecular weight excluding hydrogens is 221 g/mol. The Morgan fingerprint density at radius 1 is 1.47 bits per heavy atom. The highest BCUT2D eigenvalue weighted by Gasteiger charge is 2.39. The molecule has 3 nitrogen and oxygen atoms in total. The molecule has 0 aromatic heterocycles. The van der Waals surface area contributed by atoms with Crippen LogP contribution in [0.15, 0.2) is 24.3 Å². The molecule has 0 spiro atoms. The second kappa shape index (κ2) is 5.02. The molecule has 1 N–H and O–H groups in total. The van der Waals surface area contributed by atoms with Gasteiger partial charge in [0, 0.05) is 18.8 Å². The van der Waals surface area contributed by atoms with Crippen molar-refractivity contribution < 1.29 is 14.2 Å². The molecule has 0 radical (unpaired) electrons. The SMILES string of the molecule is CCN(CC1(CO)COC1)c1cccc(F)c1. The van der Waals surface area contributed by atoms with E-state index in [0.717, 1.165) is 12.2 Å². The van der Waals surface area contributed by atoms with Gasteiger partial charge in [-0.05, 0) is 25.1 Å². The summed E-state index contributed by atoms with van der Waals surface area (Å²) in [7, 11) is 0. The van der Waals surface area contributed by atoms with Crippen molar-refractivity contribution >= 4 is 5.69 Å². The molecule has 0 saturated carbocycles. The first-order valence-corrected chi connectivity index (χ1v) is 5.88. The molecule has 0 bridgehead atoms. The lowest BCUT2D eigenvalue weighted by Gasteiger charge is -2.43. The summed E-state index contributed by atoms with van der Waals surface area (Å²) >= 11 is 0. The Bertz CT molecular complexity index is 374. The van der Waals surface area contributed by atoms with Crippen molar-refractivity contribution in [3.05, 3.63) is 30.1 Å². The number of benzene rings is 1. The fourth-order valence-electron chi connectivity index (χ4n) is 2.09. The summed E-state index contributed by atoms with van der Waals surface area (Å²) in [5.74, 6) is -0.233. The summed E-state index contributed by atoms with van der Waals surface area (Å²) in [5.41, 5.74) is 0.676. The quantitative estimate of drug-likeness (QED) is 0.848. The zero-order chi connectivity index (χ0) is 12.3. The molecule has 0 aliphatic carbocycles. The van der Waals surface area contributed by atoms with Crippen LogP contribution in [0.5, 0.6) is 0 Å². The van der Waals surface area contributed by atoms with Gasteiger partial charge in [-0.2, -0.15) is 0 Å². The lowest BCUT2D eigenvalue weighted by atomic mass is 9.86. The van der Waals surface area contributed by atoms with Crippen LogP contribution in [-0.4, -0.2) is 38.0 Å². The zero-order valence-corrected chi connectivity index (χ0v) is 10.0. The van der Waals surface area contributed by atoms with E-state index < -0.39 is 0 Å². The fourth-order valence-corrected chi connectivity index (χ4v) is 2.09. The molecule has 0 unspecified atom stereocenters. The number of hydrogen-bond acceptors (Lipinski definition) is 3. The van der Waals surface area contributed by atoms with Crippen LogP contribution in [0.4, 0.5) is 10.1 Å². The summed E-state index contributed by atoms with van der Waals surface area (Å²) in [5, 5.41) is 9.40. The van der Waals surface area contributed by atoms with Crippen LogP contribution in [0.1, 0.15) is 6.92 Å². The van der Waals surface area contributed by atoms with E-state index in [1.807, 2.05) is 13.0 Å². The van der Waals surface area contributed by atoms with Crippen molar-refractivity contribution in [2.75, 3.05) is 37.8 Å². The predicted molar refractivity (Wildman–Crippen MR) is 64.6 cm³/mol. The van der Waals surface area contributed by atoms with E-state index >= 15 is 0 Å². The Hall–Kier alpha value is -1.13. The molecule has 1 fully saturated rings. The molecule has 1 heterocycles. The van der Waals surface area contributed by atoms with E-state index in [2.05, 4.69) is 4.90 Å². The van der Waals surface area contributed by atoms with E-state index in [1.54, 1.807) is 6.07 Å². The number of aliphatic hydroxyl groups is 1. The fraction of sp³-hybridized carbons (Fsp3) is 0.538. The number of rotatable bonds is 5. The second-order valence-electron chi connectivity index (χ2n) is 4.64. The van der Waals surface area contributed by atoms with Crippen molar-refractivity contribution in [1.29, 1.82) is 0 Å². The second-order valence-corrected chi connectivity index (χ2v) is 4.64. The van der Waals surface area contributed by atoms with Gasteiger partial charge in [0.25, 0.3) is 0 Å². The molecule has 1 aromatic carbocycles. The van der Waals surface area contributed by atoms with Crippen LogP contribution in [0.2, 0.25) is 0 Å². The smallest absolute Gasteiger partial charge is 0.125 e. The maximum atomic E-state index is 13.2. The summed E-state index contributed by atoms with van der Waals surface area (Å²) in [6.07, 6.45) is 0. The summed E-state index contributed by atoms with van der Waals surface area (Å²) < 4.78 is 18.3. The van der Waals surface area contributed by atoms with E-state index in [-0.39, 0.29) is 17.8 Å². The van der Waals surface area contributed by atoms with E-state index in [4.69, 9.17) is 4.74 Å². The molecular formula is C13H18FNO2. The number of anilines is 1. The molecule has 4 heteroatoms. The highest BCUT2D eigenvalue weighted by atomic mass is 19.1. The third kappa shape index (κ3) is 2.58. The van der Waals surface area contributed by atoms with Crippen LogP contribution in [0, 0.1) is 11.2 Å². The van der Waals surface area contributed by atoms with E-state index in [1.165, 1.54) is 12.1 Å². The van der Waals surface area contributed by atoms with Gasteiger partial charge >= 0.3 is 0 Å². The van der Waals surface area contributed by atoms with Gasteiger partial charge in [0.15, 0.2) is 0 Å².